The zero-order valence-electron chi connectivity index (χ0n) is 17.8. The number of aromatic nitrogens is 2. The zero-order chi connectivity index (χ0) is 21.7. The fourth-order valence-corrected chi connectivity index (χ4v) is 3.13. The Kier molecular flexibility index (Phi) is 6.67. The number of amides is 1. The second-order valence-corrected chi connectivity index (χ2v) is 7.65. The summed E-state index contributed by atoms with van der Waals surface area (Å²) in [6.07, 6.45) is 0. The molecule has 1 N–H and O–H groups in total. The van der Waals surface area contributed by atoms with Crippen molar-refractivity contribution in [1.29, 1.82) is 0 Å². The summed E-state index contributed by atoms with van der Waals surface area (Å²) < 4.78 is 7.34. The lowest BCUT2D eigenvalue weighted by atomic mass is 10.1. The van der Waals surface area contributed by atoms with E-state index in [0.717, 1.165) is 17.0 Å². The van der Waals surface area contributed by atoms with Crippen molar-refractivity contribution >= 4 is 11.7 Å². The molecule has 0 aliphatic rings. The zero-order valence-corrected chi connectivity index (χ0v) is 17.8. The smallest absolute Gasteiger partial charge is 0.292 e. The molecule has 0 spiro atoms. The highest BCUT2D eigenvalue weighted by Gasteiger charge is 2.24. The first kappa shape index (κ1) is 21.3. The van der Waals surface area contributed by atoms with E-state index in [2.05, 4.69) is 24.3 Å². The molecule has 6 nitrogen and oxygen atoms in total. The van der Waals surface area contributed by atoms with E-state index in [-0.39, 0.29) is 6.54 Å². The molecule has 3 aromatic rings. The van der Waals surface area contributed by atoms with Crippen molar-refractivity contribution in [2.75, 3.05) is 6.61 Å². The molecule has 1 amide bonds. The van der Waals surface area contributed by atoms with E-state index in [1.165, 1.54) is 0 Å². The van der Waals surface area contributed by atoms with Gasteiger partial charge in [-0.15, -0.1) is 0 Å². The molecule has 0 saturated carbocycles. The fraction of sp³-hybridized carbons (Fsp3) is 0.292. The Morgan fingerprint density at radius 3 is 2.33 bits per heavy atom. The van der Waals surface area contributed by atoms with E-state index in [1.54, 1.807) is 18.5 Å². The topological polar surface area (TPSA) is 73.2 Å². The summed E-state index contributed by atoms with van der Waals surface area (Å²) >= 11 is 0. The Morgan fingerprint density at radius 1 is 1.03 bits per heavy atom. The quantitative estimate of drug-likeness (QED) is 0.454. The van der Waals surface area contributed by atoms with Crippen LogP contribution in [0.5, 0.6) is 5.75 Å². The van der Waals surface area contributed by atoms with Crippen molar-refractivity contribution in [3.8, 4) is 11.4 Å². The molecule has 2 aromatic carbocycles. The lowest BCUT2D eigenvalue weighted by Gasteiger charge is -2.10. The third-order valence-corrected chi connectivity index (χ3v) is 4.69. The predicted octanol–water partition coefficient (Wildman–Crippen LogP) is 4.02. The number of benzene rings is 2. The molecular weight excluding hydrogens is 378 g/mol. The average molecular weight is 405 g/mol. The van der Waals surface area contributed by atoms with Gasteiger partial charge in [0.2, 0.25) is 0 Å². The Balaban J connectivity index is 1.65. The number of carbonyl (C=O) groups excluding carboxylic acids is 2. The van der Waals surface area contributed by atoms with Gasteiger partial charge in [0, 0.05) is 6.54 Å². The molecule has 3 rings (SSSR count). The van der Waals surface area contributed by atoms with Crippen LogP contribution in [0.15, 0.2) is 54.6 Å². The van der Waals surface area contributed by atoms with Crippen molar-refractivity contribution in [2.45, 2.75) is 34.2 Å². The van der Waals surface area contributed by atoms with Crippen molar-refractivity contribution in [3.63, 3.8) is 0 Å². The molecule has 1 heterocycles. The minimum atomic E-state index is -0.644. The standard InChI is InChI=1S/C24H27N3O3/c1-16(2)15-30-21-12-10-19(11-13-21)14-25-24(29)23(28)22-17(3)26-27(18(22)4)20-8-6-5-7-9-20/h5-13,16H,14-15H2,1-4H3,(H,25,29). The number of hydrogen-bond acceptors (Lipinski definition) is 4. The number of Topliss-reactive ketones (excluding diaryl/α,β-unsaturated/α-hetero) is 1. The van der Waals surface area contributed by atoms with Gasteiger partial charge >= 0.3 is 0 Å². The Hall–Kier alpha value is -3.41. The Bertz CT molecular complexity index is 1020. The molecule has 0 unspecified atom stereocenters. The van der Waals surface area contributed by atoms with E-state index in [4.69, 9.17) is 4.74 Å². The van der Waals surface area contributed by atoms with Crippen LogP contribution in [0.3, 0.4) is 0 Å². The van der Waals surface area contributed by atoms with Crippen LogP contribution < -0.4 is 10.1 Å². The van der Waals surface area contributed by atoms with Crippen molar-refractivity contribution in [3.05, 3.63) is 77.1 Å². The second kappa shape index (κ2) is 9.39. The molecule has 1 aromatic heterocycles. The van der Waals surface area contributed by atoms with Crippen LogP contribution in [0, 0.1) is 19.8 Å². The van der Waals surface area contributed by atoms with E-state index >= 15 is 0 Å². The molecule has 0 aliphatic heterocycles. The molecule has 0 radical (unpaired) electrons. The summed E-state index contributed by atoms with van der Waals surface area (Å²) in [6.45, 7) is 8.63. The van der Waals surface area contributed by atoms with Crippen molar-refractivity contribution < 1.29 is 14.3 Å². The molecule has 0 bridgehead atoms. The molecule has 0 aliphatic carbocycles. The fourth-order valence-electron chi connectivity index (χ4n) is 3.13. The molecule has 0 saturated heterocycles. The third kappa shape index (κ3) is 4.95. The molecule has 0 atom stereocenters. The lowest BCUT2D eigenvalue weighted by molar-refractivity contribution is -0.117. The van der Waals surface area contributed by atoms with Gasteiger partial charge in [-0.3, -0.25) is 9.59 Å². The van der Waals surface area contributed by atoms with Crippen LogP contribution in [-0.4, -0.2) is 28.1 Å². The van der Waals surface area contributed by atoms with Gasteiger partial charge in [0.05, 0.1) is 29.2 Å². The largest absolute Gasteiger partial charge is 0.493 e. The Labute approximate surface area is 176 Å². The van der Waals surface area contributed by atoms with Gasteiger partial charge < -0.3 is 10.1 Å². The first-order valence-corrected chi connectivity index (χ1v) is 10.0. The molecule has 0 fully saturated rings. The highest BCUT2D eigenvalue weighted by Crippen LogP contribution is 2.19. The van der Waals surface area contributed by atoms with Crippen LogP contribution in [0.25, 0.3) is 5.69 Å². The number of aryl methyl sites for hydroxylation is 1. The summed E-state index contributed by atoms with van der Waals surface area (Å²) in [4.78, 5) is 25.3. The number of ether oxygens (including phenoxy) is 1. The number of para-hydroxylation sites is 1. The summed E-state index contributed by atoms with van der Waals surface area (Å²) in [5.41, 5.74) is 3.25. The van der Waals surface area contributed by atoms with Crippen molar-refractivity contribution in [1.82, 2.24) is 15.1 Å². The monoisotopic (exact) mass is 405 g/mol. The highest BCUT2D eigenvalue weighted by atomic mass is 16.5. The van der Waals surface area contributed by atoms with Gasteiger partial charge in [0.15, 0.2) is 0 Å². The number of ketones is 1. The van der Waals surface area contributed by atoms with Gasteiger partial charge in [-0.05, 0) is 49.6 Å². The molecule has 30 heavy (non-hydrogen) atoms. The van der Waals surface area contributed by atoms with Crippen molar-refractivity contribution in [2.24, 2.45) is 5.92 Å². The van der Waals surface area contributed by atoms with E-state index in [9.17, 15) is 9.59 Å². The first-order valence-electron chi connectivity index (χ1n) is 10.0. The van der Waals surface area contributed by atoms with Gasteiger partial charge in [-0.2, -0.15) is 5.10 Å². The maximum Gasteiger partial charge on any atom is 0.292 e. The number of hydrogen-bond donors (Lipinski definition) is 1. The minimum Gasteiger partial charge on any atom is -0.493 e. The van der Waals surface area contributed by atoms with Crippen LogP contribution in [0.2, 0.25) is 0 Å². The normalized spacial score (nSPS) is 10.8. The summed E-state index contributed by atoms with van der Waals surface area (Å²) in [5.74, 6) is 0.0144. The maximum absolute atomic E-state index is 12.8. The Morgan fingerprint density at radius 2 is 1.70 bits per heavy atom. The van der Waals surface area contributed by atoms with Crippen LogP contribution in [-0.2, 0) is 11.3 Å². The maximum atomic E-state index is 12.8. The second-order valence-electron chi connectivity index (χ2n) is 7.65. The van der Waals surface area contributed by atoms with Gasteiger partial charge in [-0.25, -0.2) is 4.68 Å². The lowest BCUT2D eigenvalue weighted by Crippen LogP contribution is -2.31. The number of nitrogens with zero attached hydrogens (tertiary/aromatic N) is 2. The van der Waals surface area contributed by atoms with E-state index < -0.39 is 11.7 Å². The van der Waals surface area contributed by atoms with E-state index in [0.29, 0.717) is 29.5 Å². The highest BCUT2D eigenvalue weighted by molar-refractivity contribution is 6.43. The van der Waals surface area contributed by atoms with Gasteiger partial charge in [0.25, 0.3) is 11.7 Å². The molecular formula is C24H27N3O3. The minimum absolute atomic E-state index is 0.264. The van der Waals surface area contributed by atoms with E-state index in [1.807, 2.05) is 54.6 Å². The number of rotatable bonds is 8. The van der Waals surface area contributed by atoms with Gasteiger partial charge in [0.1, 0.15) is 5.75 Å². The summed E-state index contributed by atoms with van der Waals surface area (Å²) in [7, 11) is 0. The first-order chi connectivity index (χ1) is 14.4. The SMILES string of the molecule is Cc1nn(-c2ccccc2)c(C)c1C(=O)C(=O)NCc1ccc(OCC(C)C)cc1. The third-order valence-electron chi connectivity index (χ3n) is 4.69. The van der Waals surface area contributed by atoms with Crippen LogP contribution in [0.4, 0.5) is 0 Å². The van der Waals surface area contributed by atoms with Crippen LogP contribution >= 0.6 is 0 Å². The van der Waals surface area contributed by atoms with Crippen LogP contribution in [0.1, 0.15) is 41.2 Å². The average Bonchev–Trinajstić information content (AvgIpc) is 3.05. The van der Waals surface area contributed by atoms with Gasteiger partial charge in [-0.1, -0.05) is 44.2 Å². The number of nitrogens with one attached hydrogen (secondary N) is 1. The predicted molar refractivity (Wildman–Crippen MR) is 116 cm³/mol. The number of carbonyl (C=O) groups is 2. The molecule has 156 valence electrons. The molecule has 6 heteroatoms. The summed E-state index contributed by atoms with van der Waals surface area (Å²) in [6, 6.07) is 17.0. The summed E-state index contributed by atoms with van der Waals surface area (Å²) in [5, 5.41) is 7.15.